The highest BCUT2D eigenvalue weighted by Crippen LogP contribution is 2.32. The molecule has 0 atom stereocenters. The molecule has 0 nitrogen and oxygen atoms in total. The Bertz CT molecular complexity index is 3110. The Hall–Kier alpha value is -8.84. The maximum absolute atomic E-state index is 2.32. The average molecular weight is 867 g/mol. The van der Waals surface area contributed by atoms with E-state index in [0.29, 0.717) is 0 Å². The zero-order chi connectivity index (χ0) is 45.7. The first-order valence-corrected chi connectivity index (χ1v) is 23.3. The first kappa shape index (κ1) is 43.1. The van der Waals surface area contributed by atoms with E-state index in [9.17, 15) is 0 Å². The molecule has 0 aromatic heterocycles. The van der Waals surface area contributed by atoms with E-state index in [1.54, 1.807) is 0 Å². The number of hydrogen-bond donors (Lipinski definition) is 0. The molecule has 0 bridgehead atoms. The zero-order valence-electron chi connectivity index (χ0n) is 37.9. The van der Waals surface area contributed by atoms with Crippen molar-refractivity contribution in [3.8, 4) is 33.4 Å². The molecule has 0 unspecified atom stereocenters. The molecule has 10 aromatic rings. The van der Waals surface area contributed by atoms with E-state index in [1.807, 2.05) is 0 Å². The lowest BCUT2D eigenvalue weighted by Gasteiger charge is -2.12. The van der Waals surface area contributed by atoms with E-state index < -0.39 is 0 Å². The minimum atomic E-state index is 1.15. The molecule has 0 radical (unpaired) electrons. The maximum atomic E-state index is 2.32. The van der Waals surface area contributed by atoms with Crippen molar-refractivity contribution in [2.24, 2.45) is 0 Å². The van der Waals surface area contributed by atoms with Crippen LogP contribution in [0.15, 0.2) is 267 Å². The van der Waals surface area contributed by atoms with Gasteiger partial charge in [-0.25, -0.2) is 0 Å². The lowest BCUT2D eigenvalue weighted by atomic mass is 9.92. The molecule has 0 aliphatic rings. The van der Waals surface area contributed by atoms with Crippen LogP contribution in [0.3, 0.4) is 0 Å². The van der Waals surface area contributed by atoms with Crippen LogP contribution >= 0.6 is 0 Å². The molecule has 0 N–H and O–H groups in total. The highest BCUT2D eigenvalue weighted by atomic mass is 14.1. The van der Waals surface area contributed by atoms with Crippen molar-refractivity contribution in [3.05, 3.63) is 323 Å². The molecule has 0 heterocycles. The second-order valence-corrected chi connectivity index (χ2v) is 16.9. The number of rotatable bonds is 13. The van der Waals surface area contributed by atoms with Crippen molar-refractivity contribution in [1.29, 1.82) is 0 Å². The zero-order valence-corrected chi connectivity index (χ0v) is 37.9. The summed E-state index contributed by atoms with van der Waals surface area (Å²) in [5.41, 5.74) is 21.3. The topological polar surface area (TPSA) is 0 Å². The molecule has 0 aliphatic heterocycles. The summed E-state index contributed by atoms with van der Waals surface area (Å²) in [6.45, 7) is 0. The minimum absolute atomic E-state index is 1.15. The molecular formula is C68H50. The Balaban J connectivity index is 0.847. The van der Waals surface area contributed by atoms with Crippen LogP contribution in [0.2, 0.25) is 0 Å². The van der Waals surface area contributed by atoms with E-state index in [4.69, 9.17) is 0 Å². The van der Waals surface area contributed by atoms with Crippen molar-refractivity contribution in [3.63, 3.8) is 0 Å². The van der Waals surface area contributed by atoms with Crippen molar-refractivity contribution < 1.29 is 0 Å². The predicted molar refractivity (Wildman–Crippen MR) is 293 cm³/mol. The summed E-state index contributed by atoms with van der Waals surface area (Å²) in [7, 11) is 0. The van der Waals surface area contributed by atoms with Crippen LogP contribution in [0.25, 0.3) is 81.0 Å². The Morgan fingerprint density at radius 2 is 0.441 bits per heavy atom. The minimum Gasteiger partial charge on any atom is -0.0622 e. The predicted octanol–water partition coefficient (Wildman–Crippen LogP) is 18.2. The number of hydrogen-bond acceptors (Lipinski definition) is 0. The maximum Gasteiger partial charge on any atom is -0.0105 e. The first-order chi connectivity index (χ1) is 33.7. The molecule has 10 rings (SSSR count). The molecule has 10 aromatic carbocycles. The fourth-order valence-corrected chi connectivity index (χ4v) is 8.69. The van der Waals surface area contributed by atoms with Gasteiger partial charge < -0.3 is 0 Å². The lowest BCUT2D eigenvalue weighted by Crippen LogP contribution is -1.90. The quantitative estimate of drug-likeness (QED) is 0.101. The first-order valence-electron chi connectivity index (χ1n) is 23.3. The van der Waals surface area contributed by atoms with Crippen LogP contribution in [0.1, 0.15) is 55.6 Å². The Morgan fingerprint density at radius 1 is 0.191 bits per heavy atom. The van der Waals surface area contributed by atoms with Crippen molar-refractivity contribution in [1.82, 2.24) is 0 Å². The largest absolute Gasteiger partial charge is 0.0622 e. The van der Waals surface area contributed by atoms with Gasteiger partial charge in [0, 0.05) is 0 Å². The van der Waals surface area contributed by atoms with Gasteiger partial charge in [-0.05, 0) is 112 Å². The summed E-state index contributed by atoms with van der Waals surface area (Å²) in [4.78, 5) is 0. The van der Waals surface area contributed by atoms with Gasteiger partial charge in [-0.2, -0.15) is 0 Å². The van der Waals surface area contributed by atoms with Crippen LogP contribution < -0.4 is 0 Å². The SMILES string of the molecule is C(=Cc1ccccc1/C=C(/c1ccccc1)c1ccc(-c2ccccc2)cc1)c1ccc(-c2ccc(C=Cc3ccccc3/C=C(/c3ccccc3)c3ccc(-c4ccccc4)cc3)cc2)cc1. The van der Waals surface area contributed by atoms with E-state index in [-0.39, 0.29) is 0 Å². The summed E-state index contributed by atoms with van der Waals surface area (Å²) < 4.78 is 0. The average Bonchev–Trinajstić information content (AvgIpc) is 3.42. The van der Waals surface area contributed by atoms with E-state index in [0.717, 1.165) is 11.1 Å². The van der Waals surface area contributed by atoms with Gasteiger partial charge in [-0.3, -0.25) is 0 Å². The summed E-state index contributed by atoms with van der Waals surface area (Å²) in [5, 5.41) is 0. The van der Waals surface area contributed by atoms with Gasteiger partial charge in [-0.1, -0.05) is 291 Å². The van der Waals surface area contributed by atoms with Crippen molar-refractivity contribution in [2.75, 3.05) is 0 Å². The highest BCUT2D eigenvalue weighted by molar-refractivity contribution is 5.95. The summed E-state index contributed by atoms with van der Waals surface area (Å²) in [6.07, 6.45) is 13.5. The third kappa shape index (κ3) is 10.5. The summed E-state index contributed by atoms with van der Waals surface area (Å²) in [6, 6.07) is 95.2. The van der Waals surface area contributed by atoms with E-state index in [2.05, 4.69) is 303 Å². The third-order valence-electron chi connectivity index (χ3n) is 12.4. The van der Waals surface area contributed by atoms with E-state index >= 15 is 0 Å². The van der Waals surface area contributed by atoms with Crippen LogP contribution in [0.4, 0.5) is 0 Å². The molecule has 0 saturated heterocycles. The molecule has 322 valence electrons. The summed E-state index contributed by atoms with van der Waals surface area (Å²) >= 11 is 0. The fraction of sp³-hybridized carbons (Fsp3) is 0. The van der Waals surface area contributed by atoms with Gasteiger partial charge >= 0.3 is 0 Å². The summed E-state index contributed by atoms with van der Waals surface area (Å²) in [5.74, 6) is 0. The molecule has 68 heavy (non-hydrogen) atoms. The highest BCUT2D eigenvalue weighted by Gasteiger charge is 2.10. The molecule has 0 amide bonds. The smallest absolute Gasteiger partial charge is 0.0105 e. The van der Waals surface area contributed by atoms with Crippen LogP contribution in [-0.2, 0) is 0 Å². The molecular weight excluding hydrogens is 817 g/mol. The molecule has 0 spiro atoms. The van der Waals surface area contributed by atoms with Gasteiger partial charge in [0.25, 0.3) is 0 Å². The fourth-order valence-electron chi connectivity index (χ4n) is 8.69. The van der Waals surface area contributed by atoms with Crippen LogP contribution in [0, 0.1) is 0 Å². The molecule has 0 heteroatoms. The molecule has 0 aliphatic carbocycles. The van der Waals surface area contributed by atoms with Gasteiger partial charge in [0.05, 0.1) is 0 Å². The normalized spacial score (nSPS) is 11.9. The third-order valence-corrected chi connectivity index (χ3v) is 12.4. The van der Waals surface area contributed by atoms with Gasteiger partial charge in [0.2, 0.25) is 0 Å². The Kier molecular flexibility index (Phi) is 13.3. The second kappa shape index (κ2) is 21.0. The second-order valence-electron chi connectivity index (χ2n) is 16.9. The monoisotopic (exact) mass is 866 g/mol. The van der Waals surface area contributed by atoms with Crippen molar-refractivity contribution in [2.45, 2.75) is 0 Å². The van der Waals surface area contributed by atoms with Crippen LogP contribution in [-0.4, -0.2) is 0 Å². The van der Waals surface area contributed by atoms with Gasteiger partial charge in [0.15, 0.2) is 0 Å². The Morgan fingerprint density at radius 3 is 0.779 bits per heavy atom. The molecule has 0 saturated carbocycles. The van der Waals surface area contributed by atoms with Gasteiger partial charge in [-0.15, -0.1) is 0 Å². The lowest BCUT2D eigenvalue weighted by molar-refractivity contribution is 1.53. The Labute approximate surface area is 401 Å². The standard InChI is InChI=1S/C68H50/c1-5-17-53(18-6-1)59-41-45-63(46-42-59)67(61-23-9-3-10-24-61)49-65-27-15-13-21-55(65)35-29-51-31-37-57(38-32-51)58-39-33-52(34-40-58)30-36-56-22-14-16-28-66(56)50-68(62-25-11-4-12-26-62)64-47-43-60(44-48-64)54-19-7-2-8-20-54/h1-50H/b35-29?,36-30?,67-49-,68-50-. The molecule has 0 fully saturated rings. The van der Waals surface area contributed by atoms with Crippen molar-refractivity contribution >= 4 is 47.6 Å². The van der Waals surface area contributed by atoms with Crippen LogP contribution in [0.5, 0.6) is 0 Å². The van der Waals surface area contributed by atoms with Gasteiger partial charge in [0.1, 0.15) is 0 Å². The van der Waals surface area contributed by atoms with E-state index in [1.165, 1.54) is 89.0 Å². The number of benzene rings is 10.